The molecule has 2 amide bonds. The molecule has 0 aliphatic carbocycles. The maximum absolute atomic E-state index is 12.1. The van der Waals surface area contributed by atoms with Crippen LogP contribution in [-0.4, -0.2) is 55.5 Å². The van der Waals surface area contributed by atoms with Crippen LogP contribution >= 0.6 is 0 Å². The van der Waals surface area contributed by atoms with Gasteiger partial charge in [0.1, 0.15) is 13.2 Å². The van der Waals surface area contributed by atoms with Crippen molar-refractivity contribution in [1.82, 2.24) is 10.2 Å². The lowest BCUT2D eigenvalue weighted by Crippen LogP contribution is -2.48. The highest BCUT2D eigenvalue weighted by Gasteiger charge is 2.49. The number of carbonyl (C=O) groups is 2. The Morgan fingerprint density at radius 2 is 2.00 bits per heavy atom. The van der Waals surface area contributed by atoms with Crippen molar-refractivity contribution < 1.29 is 22.7 Å². The first-order valence-electron chi connectivity index (χ1n) is 7.41. The van der Waals surface area contributed by atoms with Gasteiger partial charge in [0.2, 0.25) is 5.91 Å². The molecule has 0 saturated carbocycles. The maximum atomic E-state index is 12.1. The largest absolute Gasteiger partial charge is 0.445 e. The molecule has 1 aromatic carbocycles. The number of amides is 2. The molecule has 2 saturated heterocycles. The average Bonchev–Trinajstić information content (AvgIpc) is 3.07. The molecule has 1 aromatic rings. The van der Waals surface area contributed by atoms with Gasteiger partial charge in [0.25, 0.3) is 0 Å². The van der Waals surface area contributed by atoms with Crippen LogP contribution in [0.4, 0.5) is 4.79 Å². The Kier molecular flexibility index (Phi) is 4.25. The fourth-order valence-corrected chi connectivity index (χ4v) is 5.05. The summed E-state index contributed by atoms with van der Waals surface area (Å²) < 4.78 is 28.3. The van der Waals surface area contributed by atoms with Gasteiger partial charge in [0, 0.05) is 12.6 Å². The highest BCUT2D eigenvalue weighted by Crippen LogP contribution is 2.32. The fraction of sp³-hybridized carbons (Fsp3) is 0.467. The smallest absolute Gasteiger partial charge is 0.407 e. The number of sulfone groups is 1. The molecule has 124 valence electrons. The van der Waals surface area contributed by atoms with Gasteiger partial charge in [-0.2, -0.15) is 0 Å². The van der Waals surface area contributed by atoms with Crippen LogP contribution in [0.3, 0.4) is 0 Å². The third kappa shape index (κ3) is 3.47. The van der Waals surface area contributed by atoms with E-state index in [9.17, 15) is 18.0 Å². The summed E-state index contributed by atoms with van der Waals surface area (Å²) in [5, 5.41) is 1.96. The molecule has 3 rings (SSSR count). The van der Waals surface area contributed by atoms with E-state index in [0.717, 1.165) is 5.56 Å². The second kappa shape index (κ2) is 6.19. The molecule has 8 heteroatoms. The Morgan fingerprint density at radius 1 is 1.26 bits per heavy atom. The molecule has 7 nitrogen and oxygen atoms in total. The molecular formula is C15H18N2O5S. The van der Waals surface area contributed by atoms with E-state index in [0.29, 0.717) is 6.42 Å². The zero-order valence-corrected chi connectivity index (χ0v) is 13.3. The van der Waals surface area contributed by atoms with Crippen molar-refractivity contribution in [2.24, 2.45) is 0 Å². The summed E-state index contributed by atoms with van der Waals surface area (Å²) in [6, 6.07) is 8.97. The van der Waals surface area contributed by atoms with Crippen molar-refractivity contribution in [3.8, 4) is 0 Å². The summed E-state index contributed by atoms with van der Waals surface area (Å²) in [4.78, 5) is 25.2. The number of rotatable bonds is 4. The predicted octanol–water partition coefficient (Wildman–Crippen LogP) is 0.311. The van der Waals surface area contributed by atoms with Crippen LogP contribution in [0.2, 0.25) is 0 Å². The van der Waals surface area contributed by atoms with Crippen LogP contribution in [-0.2, 0) is 26.0 Å². The topological polar surface area (TPSA) is 92.8 Å². The molecule has 0 radical (unpaired) electrons. The standard InChI is InChI=1S/C15H18N2O5S/c18-14(17-8-13-6-12(17)10-23(13,20)21)7-16-15(19)22-9-11-4-2-1-3-5-11/h1-5,12-13H,6-10H2,(H,16,19). The fourth-order valence-electron chi connectivity index (χ4n) is 3.03. The number of carbonyl (C=O) groups excluding carboxylic acids is 2. The lowest BCUT2D eigenvalue weighted by molar-refractivity contribution is -0.130. The van der Waals surface area contributed by atoms with Gasteiger partial charge in [0.15, 0.2) is 9.84 Å². The number of hydrogen-bond acceptors (Lipinski definition) is 5. The molecule has 2 bridgehead atoms. The van der Waals surface area contributed by atoms with Crippen LogP contribution in [0.25, 0.3) is 0 Å². The Hall–Kier alpha value is -2.09. The van der Waals surface area contributed by atoms with Crippen LogP contribution in [0, 0.1) is 0 Å². The third-order valence-corrected chi connectivity index (χ3v) is 6.43. The van der Waals surface area contributed by atoms with Crippen molar-refractivity contribution in [2.75, 3.05) is 18.8 Å². The Bertz CT molecular complexity index is 704. The number of fused-ring (bicyclic) bond motifs is 2. The molecule has 2 aliphatic rings. The first-order chi connectivity index (χ1) is 11.0. The van der Waals surface area contributed by atoms with Gasteiger partial charge >= 0.3 is 6.09 Å². The average molecular weight is 338 g/mol. The summed E-state index contributed by atoms with van der Waals surface area (Å²) in [6.45, 7) is 0.178. The Labute approximate surface area is 134 Å². The minimum absolute atomic E-state index is 0.0296. The molecule has 23 heavy (non-hydrogen) atoms. The molecule has 0 aromatic heterocycles. The Morgan fingerprint density at radius 3 is 2.61 bits per heavy atom. The number of ether oxygens (including phenoxy) is 1. The van der Waals surface area contributed by atoms with E-state index in [-0.39, 0.29) is 37.4 Å². The molecule has 2 unspecified atom stereocenters. The van der Waals surface area contributed by atoms with Gasteiger partial charge in [-0.15, -0.1) is 0 Å². The molecule has 0 spiro atoms. The van der Waals surface area contributed by atoms with Crippen molar-refractivity contribution in [3.05, 3.63) is 35.9 Å². The predicted molar refractivity (Wildman–Crippen MR) is 82.3 cm³/mol. The van der Waals surface area contributed by atoms with Crippen LogP contribution < -0.4 is 5.32 Å². The Balaban J connectivity index is 1.42. The van der Waals surface area contributed by atoms with Crippen molar-refractivity contribution in [3.63, 3.8) is 0 Å². The van der Waals surface area contributed by atoms with Crippen LogP contribution in [0.1, 0.15) is 12.0 Å². The molecular weight excluding hydrogens is 320 g/mol. The van der Waals surface area contributed by atoms with Crippen molar-refractivity contribution >= 4 is 21.8 Å². The van der Waals surface area contributed by atoms with Crippen molar-refractivity contribution in [2.45, 2.75) is 24.3 Å². The molecule has 2 heterocycles. The summed E-state index contributed by atoms with van der Waals surface area (Å²) in [5.74, 6) is -0.244. The van der Waals surface area contributed by atoms with Gasteiger partial charge < -0.3 is 15.0 Å². The van der Waals surface area contributed by atoms with E-state index >= 15 is 0 Å². The van der Waals surface area contributed by atoms with E-state index in [4.69, 9.17) is 4.74 Å². The number of benzene rings is 1. The summed E-state index contributed by atoms with van der Waals surface area (Å²) in [5.41, 5.74) is 0.857. The number of likely N-dealkylation sites (tertiary alicyclic amines) is 1. The molecule has 2 atom stereocenters. The van der Waals surface area contributed by atoms with E-state index in [2.05, 4.69) is 5.32 Å². The number of hydrogen-bond donors (Lipinski definition) is 1. The minimum atomic E-state index is -3.03. The zero-order chi connectivity index (χ0) is 16.4. The van der Waals surface area contributed by atoms with E-state index in [1.54, 1.807) is 4.90 Å². The third-order valence-electron chi connectivity index (χ3n) is 4.23. The lowest BCUT2D eigenvalue weighted by Gasteiger charge is -2.26. The highest BCUT2D eigenvalue weighted by molar-refractivity contribution is 7.92. The van der Waals surface area contributed by atoms with Gasteiger partial charge in [0.05, 0.1) is 11.0 Å². The van der Waals surface area contributed by atoms with E-state index < -0.39 is 21.2 Å². The highest BCUT2D eigenvalue weighted by atomic mass is 32.2. The number of nitrogens with zero attached hydrogens (tertiary/aromatic N) is 1. The lowest BCUT2D eigenvalue weighted by atomic mass is 10.2. The molecule has 1 N–H and O–H groups in total. The molecule has 2 fully saturated rings. The van der Waals surface area contributed by atoms with E-state index in [1.807, 2.05) is 30.3 Å². The number of alkyl carbamates (subject to hydrolysis) is 1. The minimum Gasteiger partial charge on any atom is -0.445 e. The first-order valence-corrected chi connectivity index (χ1v) is 9.13. The monoisotopic (exact) mass is 338 g/mol. The summed E-state index contributed by atoms with van der Waals surface area (Å²) >= 11 is 0. The van der Waals surface area contributed by atoms with Gasteiger partial charge in [-0.05, 0) is 12.0 Å². The van der Waals surface area contributed by atoms with Crippen LogP contribution in [0.5, 0.6) is 0 Å². The van der Waals surface area contributed by atoms with Crippen molar-refractivity contribution in [1.29, 1.82) is 0 Å². The van der Waals surface area contributed by atoms with Crippen LogP contribution in [0.15, 0.2) is 30.3 Å². The normalized spacial score (nSPS) is 24.4. The van der Waals surface area contributed by atoms with E-state index in [1.165, 1.54) is 0 Å². The quantitative estimate of drug-likeness (QED) is 0.853. The first kappa shape index (κ1) is 15.8. The maximum Gasteiger partial charge on any atom is 0.407 e. The summed E-state index contributed by atoms with van der Waals surface area (Å²) in [6.07, 6.45) is -0.161. The number of nitrogens with one attached hydrogen (secondary N) is 1. The second-order valence-corrected chi connectivity index (χ2v) is 8.13. The zero-order valence-electron chi connectivity index (χ0n) is 12.5. The van der Waals surface area contributed by atoms with Gasteiger partial charge in [-0.1, -0.05) is 30.3 Å². The van der Waals surface area contributed by atoms with Gasteiger partial charge in [-0.3, -0.25) is 4.79 Å². The summed E-state index contributed by atoms with van der Waals surface area (Å²) in [7, 11) is -3.03. The SMILES string of the molecule is O=C(NCC(=O)N1CC2CC1CS2(=O)=O)OCc1ccccc1. The second-order valence-electron chi connectivity index (χ2n) is 5.80. The van der Waals surface area contributed by atoms with Gasteiger partial charge in [-0.25, -0.2) is 13.2 Å². The molecule has 2 aliphatic heterocycles.